The summed E-state index contributed by atoms with van der Waals surface area (Å²) in [6.07, 6.45) is 5.06. The Kier molecular flexibility index (Phi) is 3.59. The Balaban J connectivity index is 1.71. The average molecular weight is 213 g/mol. The minimum absolute atomic E-state index is 0.00185. The van der Waals surface area contributed by atoms with E-state index >= 15 is 0 Å². The number of hydrogen-bond donors (Lipinski definition) is 1. The van der Waals surface area contributed by atoms with Crippen molar-refractivity contribution in [3.63, 3.8) is 0 Å². The largest absolute Gasteiger partial charge is 0.463 e. The van der Waals surface area contributed by atoms with Gasteiger partial charge >= 0.3 is 5.97 Å². The maximum absolute atomic E-state index is 11.7. The smallest absolute Gasteiger partial charge is 0.310 e. The monoisotopic (exact) mass is 213 g/mol. The van der Waals surface area contributed by atoms with Crippen LogP contribution in [0.1, 0.15) is 32.1 Å². The first-order chi connectivity index (χ1) is 7.27. The second kappa shape index (κ2) is 4.94. The quantitative estimate of drug-likeness (QED) is 0.705. The number of nitrogens with two attached hydrogens (primary N) is 1. The molecule has 4 heteroatoms. The Morgan fingerprint density at radius 3 is 2.80 bits per heavy atom. The van der Waals surface area contributed by atoms with Gasteiger partial charge in [0.1, 0.15) is 6.61 Å². The van der Waals surface area contributed by atoms with Crippen LogP contribution in [0, 0.1) is 5.92 Å². The van der Waals surface area contributed by atoms with E-state index in [2.05, 4.69) is 0 Å². The third kappa shape index (κ3) is 2.69. The fraction of sp³-hybridized carbons (Fsp3) is 0.909. The van der Waals surface area contributed by atoms with Crippen molar-refractivity contribution in [1.29, 1.82) is 0 Å². The SMILES string of the molecule is NC1CCCC1C(=O)OCC1CCCO1. The summed E-state index contributed by atoms with van der Waals surface area (Å²) in [4.78, 5) is 11.7. The molecule has 0 aromatic heterocycles. The molecule has 86 valence electrons. The van der Waals surface area contributed by atoms with Gasteiger partial charge < -0.3 is 15.2 Å². The molecule has 0 aromatic carbocycles. The van der Waals surface area contributed by atoms with Crippen molar-refractivity contribution >= 4 is 5.97 Å². The normalized spacial score (nSPS) is 35.7. The summed E-state index contributed by atoms with van der Waals surface area (Å²) in [5.41, 5.74) is 5.83. The van der Waals surface area contributed by atoms with Gasteiger partial charge in [-0.2, -0.15) is 0 Å². The van der Waals surface area contributed by atoms with E-state index in [1.165, 1.54) is 0 Å². The first-order valence-corrected chi connectivity index (χ1v) is 5.81. The lowest BCUT2D eigenvalue weighted by atomic mass is 10.1. The maximum atomic E-state index is 11.7. The molecule has 3 atom stereocenters. The number of esters is 1. The predicted molar refractivity (Wildman–Crippen MR) is 55.2 cm³/mol. The molecule has 1 aliphatic carbocycles. The van der Waals surface area contributed by atoms with Gasteiger partial charge in [-0.1, -0.05) is 6.42 Å². The standard InChI is InChI=1S/C11H19NO3/c12-10-5-1-4-9(10)11(13)15-7-8-3-2-6-14-8/h8-10H,1-7,12H2. The van der Waals surface area contributed by atoms with E-state index in [9.17, 15) is 4.79 Å². The summed E-state index contributed by atoms with van der Waals surface area (Å²) in [5.74, 6) is -0.207. The minimum Gasteiger partial charge on any atom is -0.463 e. The van der Waals surface area contributed by atoms with Crippen LogP contribution >= 0.6 is 0 Å². The first kappa shape index (κ1) is 10.9. The number of rotatable bonds is 3. The Morgan fingerprint density at radius 2 is 2.20 bits per heavy atom. The van der Waals surface area contributed by atoms with Gasteiger partial charge in [0.2, 0.25) is 0 Å². The molecule has 1 saturated heterocycles. The van der Waals surface area contributed by atoms with E-state index in [1.807, 2.05) is 0 Å². The van der Waals surface area contributed by atoms with Gasteiger partial charge in [0.05, 0.1) is 12.0 Å². The summed E-state index contributed by atoms with van der Waals surface area (Å²) < 4.78 is 10.6. The molecule has 0 aromatic rings. The van der Waals surface area contributed by atoms with Crippen molar-refractivity contribution < 1.29 is 14.3 Å². The van der Waals surface area contributed by atoms with Crippen molar-refractivity contribution in [3.8, 4) is 0 Å². The van der Waals surface area contributed by atoms with E-state index < -0.39 is 0 Å². The van der Waals surface area contributed by atoms with Crippen molar-refractivity contribution in [3.05, 3.63) is 0 Å². The van der Waals surface area contributed by atoms with Gasteiger partial charge in [-0.25, -0.2) is 0 Å². The molecule has 0 spiro atoms. The first-order valence-electron chi connectivity index (χ1n) is 5.81. The van der Waals surface area contributed by atoms with Gasteiger partial charge in [0, 0.05) is 12.6 Å². The second-order valence-corrected chi connectivity index (χ2v) is 4.47. The Labute approximate surface area is 90.1 Å². The number of hydrogen-bond acceptors (Lipinski definition) is 4. The zero-order chi connectivity index (χ0) is 10.7. The molecular weight excluding hydrogens is 194 g/mol. The lowest BCUT2D eigenvalue weighted by molar-refractivity contribution is -0.151. The van der Waals surface area contributed by atoms with Gasteiger partial charge in [-0.05, 0) is 25.7 Å². The molecule has 4 nitrogen and oxygen atoms in total. The lowest BCUT2D eigenvalue weighted by Gasteiger charge is -2.16. The molecule has 1 heterocycles. The zero-order valence-electron chi connectivity index (χ0n) is 8.98. The van der Waals surface area contributed by atoms with Crippen molar-refractivity contribution in [2.45, 2.75) is 44.2 Å². The molecule has 1 aliphatic heterocycles. The van der Waals surface area contributed by atoms with Crippen LogP contribution in [0.5, 0.6) is 0 Å². The fourth-order valence-corrected chi connectivity index (χ4v) is 2.34. The second-order valence-electron chi connectivity index (χ2n) is 4.47. The van der Waals surface area contributed by atoms with Crippen molar-refractivity contribution in [2.75, 3.05) is 13.2 Å². The third-order valence-electron chi connectivity index (χ3n) is 3.31. The summed E-state index contributed by atoms with van der Waals surface area (Å²) in [6.45, 7) is 1.20. The van der Waals surface area contributed by atoms with Crippen molar-refractivity contribution in [2.24, 2.45) is 11.7 Å². The highest BCUT2D eigenvalue weighted by atomic mass is 16.6. The van der Waals surface area contributed by atoms with Gasteiger partial charge in [-0.3, -0.25) is 4.79 Å². The van der Waals surface area contributed by atoms with Crippen LogP contribution in [-0.2, 0) is 14.3 Å². The fourth-order valence-electron chi connectivity index (χ4n) is 2.34. The highest BCUT2D eigenvalue weighted by Crippen LogP contribution is 2.25. The molecule has 1 saturated carbocycles. The number of ether oxygens (including phenoxy) is 2. The maximum Gasteiger partial charge on any atom is 0.310 e. The molecule has 2 N–H and O–H groups in total. The zero-order valence-corrected chi connectivity index (χ0v) is 8.98. The minimum atomic E-state index is -0.129. The number of carbonyl (C=O) groups excluding carboxylic acids is 1. The Bertz CT molecular complexity index is 226. The van der Waals surface area contributed by atoms with Crippen LogP contribution in [0.2, 0.25) is 0 Å². The molecule has 15 heavy (non-hydrogen) atoms. The predicted octanol–water partition coefficient (Wildman–Crippen LogP) is 0.836. The topological polar surface area (TPSA) is 61.6 Å². The van der Waals surface area contributed by atoms with E-state index in [4.69, 9.17) is 15.2 Å². The van der Waals surface area contributed by atoms with Crippen LogP contribution in [0.15, 0.2) is 0 Å². The van der Waals surface area contributed by atoms with E-state index in [-0.39, 0.29) is 24.0 Å². The Hall–Kier alpha value is -0.610. The molecule has 3 unspecified atom stereocenters. The summed E-state index contributed by atoms with van der Waals surface area (Å²) in [5, 5.41) is 0. The highest BCUT2D eigenvalue weighted by molar-refractivity contribution is 5.73. The molecule has 2 rings (SSSR count). The molecule has 0 bridgehead atoms. The van der Waals surface area contributed by atoms with Gasteiger partial charge in [-0.15, -0.1) is 0 Å². The number of carbonyl (C=O) groups is 1. The molecule has 2 fully saturated rings. The summed E-state index contributed by atoms with van der Waals surface area (Å²) >= 11 is 0. The summed E-state index contributed by atoms with van der Waals surface area (Å²) in [7, 11) is 0. The van der Waals surface area contributed by atoms with Gasteiger partial charge in [0.25, 0.3) is 0 Å². The Morgan fingerprint density at radius 1 is 1.33 bits per heavy atom. The summed E-state index contributed by atoms with van der Waals surface area (Å²) in [6, 6.07) is 0.00185. The van der Waals surface area contributed by atoms with Crippen LogP contribution in [0.25, 0.3) is 0 Å². The van der Waals surface area contributed by atoms with E-state index in [0.717, 1.165) is 38.7 Å². The van der Waals surface area contributed by atoms with Crippen LogP contribution in [-0.4, -0.2) is 31.3 Å². The molecule has 2 aliphatic rings. The molecular formula is C11H19NO3. The van der Waals surface area contributed by atoms with E-state index in [1.54, 1.807) is 0 Å². The van der Waals surface area contributed by atoms with Gasteiger partial charge in [0.15, 0.2) is 0 Å². The van der Waals surface area contributed by atoms with Crippen LogP contribution in [0.4, 0.5) is 0 Å². The highest BCUT2D eigenvalue weighted by Gasteiger charge is 2.32. The van der Waals surface area contributed by atoms with Crippen LogP contribution in [0.3, 0.4) is 0 Å². The molecule has 0 amide bonds. The third-order valence-corrected chi connectivity index (χ3v) is 3.31. The lowest BCUT2D eigenvalue weighted by Crippen LogP contribution is -2.33. The van der Waals surface area contributed by atoms with Crippen LogP contribution < -0.4 is 5.73 Å². The average Bonchev–Trinajstić information content (AvgIpc) is 2.84. The van der Waals surface area contributed by atoms with Crippen molar-refractivity contribution in [1.82, 2.24) is 0 Å². The molecule has 0 radical (unpaired) electrons. The van der Waals surface area contributed by atoms with E-state index in [0.29, 0.717) is 6.61 Å².